The number of hydrogen-bond donors (Lipinski definition) is 1. The summed E-state index contributed by atoms with van der Waals surface area (Å²) in [6.45, 7) is 7.45. The Bertz CT molecular complexity index is 1020. The molecule has 0 bridgehead atoms. The molecule has 2 N–H and O–H groups in total. The van der Waals surface area contributed by atoms with Crippen LogP contribution in [0, 0.1) is 11.3 Å². The zero-order valence-electron chi connectivity index (χ0n) is 16.2. The number of carbonyl (C=O) groups is 1. The van der Waals surface area contributed by atoms with E-state index in [0.29, 0.717) is 24.3 Å². The number of primary amides is 1. The standard InChI is InChI=1S/C20H27N3O3S/c1-19(2,3)11-17-22-15-10-14(27(25,26)20(8-9-20)18(21)24)6-7-16(15)23(17)12-13-4-5-13/h6-7,10,13H,4-5,8-9,11-12H2,1-3H3,(H2,21,24). The van der Waals surface area contributed by atoms with Crippen molar-refractivity contribution in [3.63, 3.8) is 0 Å². The second-order valence-corrected chi connectivity index (χ2v) is 11.6. The fourth-order valence-electron chi connectivity index (χ4n) is 3.68. The first-order valence-electron chi connectivity index (χ1n) is 9.57. The van der Waals surface area contributed by atoms with Crippen molar-refractivity contribution in [3.8, 4) is 0 Å². The fourth-order valence-corrected chi connectivity index (χ4v) is 5.55. The van der Waals surface area contributed by atoms with Gasteiger partial charge in [0.2, 0.25) is 5.91 Å². The molecule has 0 spiro atoms. The van der Waals surface area contributed by atoms with Crippen molar-refractivity contribution in [1.29, 1.82) is 0 Å². The molecule has 1 amide bonds. The van der Waals surface area contributed by atoms with Crippen molar-refractivity contribution in [3.05, 3.63) is 24.0 Å². The number of nitrogens with zero attached hydrogens (tertiary/aromatic N) is 2. The Morgan fingerprint density at radius 2 is 1.96 bits per heavy atom. The smallest absolute Gasteiger partial charge is 0.239 e. The Kier molecular flexibility index (Phi) is 3.97. The van der Waals surface area contributed by atoms with E-state index in [1.165, 1.54) is 12.8 Å². The number of benzene rings is 1. The van der Waals surface area contributed by atoms with E-state index in [2.05, 4.69) is 25.3 Å². The van der Waals surface area contributed by atoms with Crippen LogP contribution in [0.5, 0.6) is 0 Å². The zero-order chi connectivity index (χ0) is 19.6. The number of sulfone groups is 1. The molecule has 2 fully saturated rings. The predicted molar refractivity (Wildman–Crippen MR) is 104 cm³/mol. The lowest BCUT2D eigenvalue weighted by atomic mass is 9.92. The number of hydrogen-bond acceptors (Lipinski definition) is 4. The van der Waals surface area contributed by atoms with E-state index in [0.717, 1.165) is 24.3 Å². The minimum absolute atomic E-state index is 0.0849. The Hall–Kier alpha value is -1.89. The van der Waals surface area contributed by atoms with E-state index < -0.39 is 20.5 Å². The molecule has 1 heterocycles. The van der Waals surface area contributed by atoms with E-state index in [1.807, 2.05) is 6.07 Å². The minimum atomic E-state index is -3.79. The molecule has 0 unspecified atom stereocenters. The second kappa shape index (κ2) is 5.80. The lowest BCUT2D eigenvalue weighted by Crippen LogP contribution is -2.38. The summed E-state index contributed by atoms with van der Waals surface area (Å²) in [5.41, 5.74) is 7.11. The van der Waals surface area contributed by atoms with Gasteiger partial charge in [-0.2, -0.15) is 0 Å². The van der Waals surface area contributed by atoms with Gasteiger partial charge in [0.25, 0.3) is 0 Å². The quantitative estimate of drug-likeness (QED) is 0.822. The van der Waals surface area contributed by atoms with Crippen molar-refractivity contribution in [1.82, 2.24) is 9.55 Å². The van der Waals surface area contributed by atoms with Crippen molar-refractivity contribution in [2.24, 2.45) is 17.1 Å². The van der Waals surface area contributed by atoms with Gasteiger partial charge in [0.15, 0.2) is 14.6 Å². The van der Waals surface area contributed by atoms with E-state index in [-0.39, 0.29) is 10.3 Å². The Balaban J connectivity index is 1.80. The first kappa shape index (κ1) is 18.5. The Morgan fingerprint density at radius 1 is 1.30 bits per heavy atom. The predicted octanol–water partition coefficient (Wildman–Crippen LogP) is 2.83. The first-order valence-corrected chi connectivity index (χ1v) is 11.1. The molecule has 0 saturated heterocycles. The molecule has 1 aromatic heterocycles. The third kappa shape index (κ3) is 3.16. The fraction of sp³-hybridized carbons (Fsp3) is 0.600. The largest absolute Gasteiger partial charge is 0.368 e. The summed E-state index contributed by atoms with van der Waals surface area (Å²) in [4.78, 5) is 16.7. The van der Waals surface area contributed by atoms with Crippen LogP contribution >= 0.6 is 0 Å². The molecule has 2 aliphatic rings. The summed E-state index contributed by atoms with van der Waals surface area (Å²) in [7, 11) is -3.79. The second-order valence-electron chi connectivity index (χ2n) is 9.33. The van der Waals surface area contributed by atoms with Crippen LogP contribution in [-0.2, 0) is 27.6 Å². The van der Waals surface area contributed by atoms with Gasteiger partial charge in [-0.05, 0) is 55.2 Å². The van der Waals surface area contributed by atoms with Crippen molar-refractivity contribution in [2.45, 2.75) is 69.1 Å². The molecule has 27 heavy (non-hydrogen) atoms. The molecule has 0 aliphatic heterocycles. The van der Waals surface area contributed by atoms with E-state index >= 15 is 0 Å². The minimum Gasteiger partial charge on any atom is -0.368 e. The van der Waals surface area contributed by atoms with Crippen LogP contribution < -0.4 is 5.73 Å². The maximum absolute atomic E-state index is 13.0. The normalized spacial score (nSPS) is 19.4. The van der Waals surface area contributed by atoms with Crippen LogP contribution in [0.3, 0.4) is 0 Å². The SMILES string of the molecule is CC(C)(C)Cc1nc2cc(S(=O)(=O)C3(C(N)=O)CC3)ccc2n1CC1CC1. The number of aromatic nitrogens is 2. The molecule has 2 saturated carbocycles. The topological polar surface area (TPSA) is 95.1 Å². The molecule has 2 aromatic rings. The molecular weight excluding hydrogens is 362 g/mol. The zero-order valence-corrected chi connectivity index (χ0v) is 17.0. The van der Waals surface area contributed by atoms with Gasteiger partial charge in [0.05, 0.1) is 15.9 Å². The molecule has 1 aromatic carbocycles. The van der Waals surface area contributed by atoms with Gasteiger partial charge in [0.1, 0.15) is 5.82 Å². The highest BCUT2D eigenvalue weighted by atomic mass is 32.2. The summed E-state index contributed by atoms with van der Waals surface area (Å²) in [6, 6.07) is 5.05. The number of amides is 1. The van der Waals surface area contributed by atoms with Crippen LogP contribution in [0.2, 0.25) is 0 Å². The molecule has 2 aliphatic carbocycles. The van der Waals surface area contributed by atoms with Crippen molar-refractivity contribution in [2.75, 3.05) is 0 Å². The number of imidazole rings is 1. The van der Waals surface area contributed by atoms with Crippen LogP contribution in [0.15, 0.2) is 23.1 Å². The van der Waals surface area contributed by atoms with E-state index in [9.17, 15) is 13.2 Å². The Morgan fingerprint density at radius 3 is 2.48 bits per heavy atom. The highest BCUT2D eigenvalue weighted by Gasteiger charge is 2.60. The first-order chi connectivity index (χ1) is 12.5. The number of rotatable bonds is 6. The molecular formula is C20H27N3O3S. The van der Waals surface area contributed by atoms with Crippen LogP contribution in [0.4, 0.5) is 0 Å². The van der Waals surface area contributed by atoms with Crippen LogP contribution in [0.25, 0.3) is 11.0 Å². The Labute approximate surface area is 160 Å². The molecule has 0 atom stereocenters. The summed E-state index contributed by atoms with van der Waals surface area (Å²) in [5.74, 6) is 0.930. The molecule has 4 rings (SSSR count). The molecule has 7 heteroatoms. The van der Waals surface area contributed by atoms with Gasteiger partial charge in [-0.3, -0.25) is 4.79 Å². The van der Waals surface area contributed by atoms with Gasteiger partial charge < -0.3 is 10.3 Å². The van der Waals surface area contributed by atoms with Gasteiger partial charge in [-0.15, -0.1) is 0 Å². The third-order valence-electron chi connectivity index (χ3n) is 5.60. The van der Waals surface area contributed by atoms with Crippen LogP contribution in [-0.4, -0.2) is 28.6 Å². The van der Waals surface area contributed by atoms with E-state index in [4.69, 9.17) is 10.7 Å². The number of fused-ring (bicyclic) bond motifs is 1. The van der Waals surface area contributed by atoms with Crippen molar-refractivity contribution < 1.29 is 13.2 Å². The highest BCUT2D eigenvalue weighted by Crippen LogP contribution is 2.47. The highest BCUT2D eigenvalue weighted by molar-refractivity contribution is 7.94. The summed E-state index contributed by atoms with van der Waals surface area (Å²) in [5, 5.41) is 0. The average Bonchev–Trinajstić information content (AvgIpc) is 3.44. The summed E-state index contributed by atoms with van der Waals surface area (Å²) < 4.78 is 26.8. The monoisotopic (exact) mass is 389 g/mol. The molecule has 6 nitrogen and oxygen atoms in total. The lowest BCUT2D eigenvalue weighted by Gasteiger charge is -2.18. The lowest BCUT2D eigenvalue weighted by molar-refractivity contribution is -0.118. The maximum Gasteiger partial charge on any atom is 0.239 e. The summed E-state index contributed by atoms with van der Waals surface area (Å²) in [6.07, 6.45) is 3.90. The molecule has 0 radical (unpaired) electrons. The third-order valence-corrected chi connectivity index (χ3v) is 8.12. The van der Waals surface area contributed by atoms with Gasteiger partial charge in [-0.25, -0.2) is 13.4 Å². The van der Waals surface area contributed by atoms with Crippen molar-refractivity contribution >= 4 is 26.8 Å². The number of nitrogens with two attached hydrogens (primary N) is 1. The molecule has 146 valence electrons. The van der Waals surface area contributed by atoms with Gasteiger partial charge >= 0.3 is 0 Å². The van der Waals surface area contributed by atoms with Gasteiger partial charge in [-0.1, -0.05) is 20.8 Å². The van der Waals surface area contributed by atoms with Crippen LogP contribution in [0.1, 0.15) is 52.3 Å². The van der Waals surface area contributed by atoms with E-state index in [1.54, 1.807) is 12.1 Å². The maximum atomic E-state index is 13.0. The number of carbonyl (C=O) groups excluding carboxylic acids is 1. The summed E-state index contributed by atoms with van der Waals surface area (Å²) >= 11 is 0. The van der Waals surface area contributed by atoms with Gasteiger partial charge in [0, 0.05) is 13.0 Å². The average molecular weight is 390 g/mol.